The molecule has 96 valence electrons. The summed E-state index contributed by atoms with van der Waals surface area (Å²) >= 11 is 0. The van der Waals surface area contributed by atoms with Crippen molar-refractivity contribution in [2.24, 2.45) is 0 Å². The molecule has 1 aromatic carbocycles. The Bertz CT molecular complexity index is 602. The van der Waals surface area contributed by atoms with Gasteiger partial charge in [-0.2, -0.15) is 16.8 Å². The van der Waals surface area contributed by atoms with E-state index in [0.717, 1.165) is 12.1 Å². The van der Waals surface area contributed by atoms with E-state index < -0.39 is 36.5 Å². The Hall–Kier alpha value is -1.10. The lowest BCUT2D eigenvalue weighted by atomic mass is 10.2. The molecular formula is C7H6F2O6S2. The zero-order chi connectivity index (χ0) is 13.3. The van der Waals surface area contributed by atoms with Gasteiger partial charge in [-0.15, -0.1) is 0 Å². The summed E-state index contributed by atoms with van der Waals surface area (Å²) in [5.41, 5.74) is -0.241. The van der Waals surface area contributed by atoms with Gasteiger partial charge in [-0.3, -0.25) is 8.74 Å². The third-order valence-electron chi connectivity index (χ3n) is 1.55. The van der Waals surface area contributed by atoms with Gasteiger partial charge in [0, 0.05) is 6.07 Å². The van der Waals surface area contributed by atoms with E-state index in [9.17, 15) is 25.6 Å². The highest BCUT2D eigenvalue weighted by atomic mass is 33.2. The van der Waals surface area contributed by atoms with E-state index in [2.05, 4.69) is 4.18 Å². The maximum absolute atomic E-state index is 12.7. The zero-order valence-corrected chi connectivity index (χ0v) is 9.63. The molecule has 0 aliphatic rings. The molecule has 0 bridgehead atoms. The topological polar surface area (TPSA) is 97.7 Å². The molecule has 0 amide bonds. The Morgan fingerprint density at radius 1 is 1.06 bits per heavy atom. The second-order valence-electron chi connectivity index (χ2n) is 2.88. The average Bonchev–Trinajstić information content (AvgIpc) is 2.11. The molecule has 0 saturated carbocycles. The Morgan fingerprint density at radius 2 is 1.53 bits per heavy atom. The molecule has 0 aliphatic heterocycles. The summed E-state index contributed by atoms with van der Waals surface area (Å²) in [6.45, 7) is -0.920. The minimum atomic E-state index is -5.43. The SMILES string of the molecule is O=S(=O)(O)S(=O)(=O)OCc1cc(F)cc(F)c1. The van der Waals surface area contributed by atoms with Gasteiger partial charge >= 0.3 is 18.3 Å². The Balaban J connectivity index is 2.89. The van der Waals surface area contributed by atoms with Crippen LogP contribution < -0.4 is 0 Å². The van der Waals surface area contributed by atoms with Crippen LogP contribution >= 0.6 is 0 Å². The highest BCUT2D eigenvalue weighted by molar-refractivity contribution is 8.63. The molecular weight excluding hydrogens is 282 g/mol. The second-order valence-corrected chi connectivity index (χ2v) is 7.27. The first-order chi connectivity index (χ1) is 7.62. The van der Waals surface area contributed by atoms with Gasteiger partial charge in [-0.1, -0.05) is 0 Å². The number of hydrogen-bond acceptors (Lipinski definition) is 5. The first-order valence-corrected chi connectivity index (χ1v) is 7.30. The van der Waals surface area contributed by atoms with E-state index in [0.29, 0.717) is 6.07 Å². The maximum atomic E-state index is 12.7. The molecule has 1 N–H and O–H groups in total. The van der Waals surface area contributed by atoms with Gasteiger partial charge in [0.15, 0.2) is 0 Å². The molecule has 6 nitrogen and oxygen atoms in total. The van der Waals surface area contributed by atoms with Crippen molar-refractivity contribution < 1.29 is 34.4 Å². The fourth-order valence-electron chi connectivity index (χ4n) is 0.895. The van der Waals surface area contributed by atoms with Crippen LogP contribution in [0.1, 0.15) is 5.56 Å². The van der Waals surface area contributed by atoms with Gasteiger partial charge in [-0.05, 0) is 17.7 Å². The van der Waals surface area contributed by atoms with Crippen LogP contribution in [0.15, 0.2) is 18.2 Å². The van der Waals surface area contributed by atoms with Crippen LogP contribution in [0.4, 0.5) is 8.78 Å². The lowest BCUT2D eigenvalue weighted by molar-refractivity contribution is 0.312. The van der Waals surface area contributed by atoms with Crippen molar-refractivity contribution in [3.05, 3.63) is 35.4 Å². The van der Waals surface area contributed by atoms with Gasteiger partial charge < -0.3 is 0 Å². The summed E-state index contributed by atoms with van der Waals surface area (Å²) in [7, 11) is -10.7. The molecule has 0 aliphatic carbocycles. The minimum Gasteiger partial charge on any atom is -0.272 e. The third kappa shape index (κ3) is 3.70. The summed E-state index contributed by atoms with van der Waals surface area (Å²) in [4.78, 5) is 0. The van der Waals surface area contributed by atoms with Crippen molar-refractivity contribution in [1.29, 1.82) is 0 Å². The molecule has 0 heterocycles. The summed E-state index contributed by atoms with van der Waals surface area (Å²) in [5, 5.41) is 0. The first kappa shape index (κ1) is 14.0. The molecule has 0 atom stereocenters. The van der Waals surface area contributed by atoms with Crippen LogP contribution in [0.5, 0.6) is 0 Å². The predicted molar refractivity (Wildman–Crippen MR) is 51.6 cm³/mol. The van der Waals surface area contributed by atoms with Crippen molar-refractivity contribution in [1.82, 2.24) is 0 Å². The van der Waals surface area contributed by atoms with E-state index in [1.54, 1.807) is 0 Å². The zero-order valence-electron chi connectivity index (χ0n) is 8.00. The molecule has 1 rings (SSSR count). The number of benzene rings is 1. The fourth-order valence-corrected chi connectivity index (χ4v) is 1.81. The number of rotatable bonds is 4. The van der Waals surface area contributed by atoms with Crippen LogP contribution in [0, 0.1) is 11.6 Å². The molecule has 17 heavy (non-hydrogen) atoms. The van der Waals surface area contributed by atoms with Crippen LogP contribution in [0.25, 0.3) is 0 Å². The van der Waals surface area contributed by atoms with E-state index in [1.807, 2.05) is 0 Å². The monoisotopic (exact) mass is 288 g/mol. The summed E-state index contributed by atoms with van der Waals surface area (Å²) in [5.74, 6) is -1.96. The Morgan fingerprint density at radius 3 is 1.94 bits per heavy atom. The molecule has 10 heteroatoms. The van der Waals surface area contributed by atoms with E-state index in [1.165, 1.54) is 0 Å². The molecule has 1 aromatic rings. The first-order valence-electron chi connectivity index (χ1n) is 3.93. The van der Waals surface area contributed by atoms with Crippen LogP contribution in [0.2, 0.25) is 0 Å². The molecule has 0 spiro atoms. The van der Waals surface area contributed by atoms with Crippen LogP contribution in [-0.4, -0.2) is 21.4 Å². The van der Waals surface area contributed by atoms with E-state index >= 15 is 0 Å². The van der Waals surface area contributed by atoms with Gasteiger partial charge in [0.05, 0.1) is 6.61 Å². The fraction of sp³-hybridized carbons (Fsp3) is 0.143. The standard InChI is InChI=1S/C7H6F2O6S2/c8-6-1-5(2-7(9)3-6)4-15-17(13,14)16(10,11)12/h1-3H,4H2,(H,10,11,12). The Kier molecular flexibility index (Phi) is 3.81. The van der Waals surface area contributed by atoms with Crippen molar-refractivity contribution >= 4 is 18.3 Å². The van der Waals surface area contributed by atoms with Gasteiger partial charge in [0.2, 0.25) is 0 Å². The summed E-state index contributed by atoms with van der Waals surface area (Å²) < 4.78 is 79.6. The number of hydrogen-bond donors (Lipinski definition) is 1. The second kappa shape index (κ2) is 4.64. The largest absolute Gasteiger partial charge is 0.400 e. The van der Waals surface area contributed by atoms with E-state index in [4.69, 9.17) is 4.55 Å². The molecule has 0 saturated heterocycles. The smallest absolute Gasteiger partial charge is 0.272 e. The molecule has 0 unspecified atom stereocenters. The lowest BCUT2D eigenvalue weighted by Gasteiger charge is -2.03. The van der Waals surface area contributed by atoms with Crippen molar-refractivity contribution in [3.63, 3.8) is 0 Å². The summed E-state index contributed by atoms with van der Waals surface area (Å²) in [6.07, 6.45) is 0. The van der Waals surface area contributed by atoms with Crippen LogP contribution in [-0.2, 0) is 29.1 Å². The summed E-state index contributed by atoms with van der Waals surface area (Å²) in [6, 6.07) is 2.05. The number of halogens is 2. The maximum Gasteiger partial charge on any atom is 0.400 e. The normalized spacial score (nSPS) is 12.6. The predicted octanol–water partition coefficient (Wildman–Crippen LogP) is 0.614. The Labute approximate surface area is 95.1 Å². The molecule has 0 aromatic heterocycles. The van der Waals surface area contributed by atoms with Gasteiger partial charge in [0.25, 0.3) is 0 Å². The lowest BCUT2D eigenvalue weighted by Crippen LogP contribution is -2.17. The van der Waals surface area contributed by atoms with Crippen molar-refractivity contribution in [2.75, 3.05) is 0 Å². The van der Waals surface area contributed by atoms with Gasteiger partial charge in [0.1, 0.15) is 11.6 Å². The third-order valence-corrected chi connectivity index (χ3v) is 4.31. The molecule has 0 fully saturated rings. The highest BCUT2D eigenvalue weighted by Gasteiger charge is 2.28. The average molecular weight is 288 g/mol. The van der Waals surface area contributed by atoms with Crippen LogP contribution in [0.3, 0.4) is 0 Å². The highest BCUT2D eigenvalue weighted by Crippen LogP contribution is 2.12. The van der Waals surface area contributed by atoms with Gasteiger partial charge in [-0.25, -0.2) is 8.78 Å². The van der Waals surface area contributed by atoms with E-state index in [-0.39, 0.29) is 5.56 Å². The molecule has 0 radical (unpaired) electrons. The minimum absolute atomic E-state index is 0.241. The van der Waals surface area contributed by atoms with Crippen molar-refractivity contribution in [3.8, 4) is 0 Å². The quantitative estimate of drug-likeness (QED) is 0.644. The van der Waals surface area contributed by atoms with Crippen molar-refractivity contribution in [2.45, 2.75) is 6.61 Å².